The zero-order valence-electron chi connectivity index (χ0n) is 19.1. The highest BCUT2D eigenvalue weighted by molar-refractivity contribution is 7.51. The molecule has 0 fully saturated rings. The van der Waals surface area contributed by atoms with Crippen molar-refractivity contribution in [3.8, 4) is 5.75 Å². The Morgan fingerprint density at radius 2 is 1.79 bits per heavy atom. The van der Waals surface area contributed by atoms with Gasteiger partial charge in [0.15, 0.2) is 5.75 Å². The average molecular weight is 491 g/mol. The summed E-state index contributed by atoms with van der Waals surface area (Å²) in [4.78, 5) is 49.2. The smallest absolute Gasteiger partial charge is 0.327 e. The number of rotatable bonds is 8. The molecule has 3 aromatic rings. The van der Waals surface area contributed by atoms with Crippen molar-refractivity contribution in [3.05, 3.63) is 69.4 Å². The highest BCUT2D eigenvalue weighted by Gasteiger charge is 2.37. The lowest BCUT2D eigenvalue weighted by Gasteiger charge is -2.33. The van der Waals surface area contributed by atoms with Crippen LogP contribution in [-0.4, -0.2) is 42.1 Å². The predicted octanol–water partition coefficient (Wildman–Crippen LogP) is 2.84. The summed E-state index contributed by atoms with van der Waals surface area (Å²) < 4.78 is 26.0. The third-order valence-electron chi connectivity index (χ3n) is 6.05. The minimum Gasteiger partial charge on any atom is -0.505 e. The van der Waals surface area contributed by atoms with Gasteiger partial charge in [0.05, 0.1) is 17.2 Å². The molecule has 0 radical (unpaired) electrons. The van der Waals surface area contributed by atoms with Crippen LogP contribution in [0.25, 0.3) is 11.0 Å². The molecule has 4 N–H and O–H groups in total. The number of aryl methyl sites for hydroxylation is 1. The lowest BCUT2D eigenvalue weighted by Crippen LogP contribution is -2.51. The number of hydrogen-bond donors (Lipinski definition) is 4. The van der Waals surface area contributed by atoms with Gasteiger partial charge < -0.3 is 24.8 Å². The van der Waals surface area contributed by atoms with Crippen LogP contribution in [0, 0.1) is 5.82 Å². The molecule has 182 valence electrons. The van der Waals surface area contributed by atoms with Gasteiger partial charge in [0.25, 0.3) is 11.5 Å². The first-order valence-electron chi connectivity index (χ1n) is 10.7. The molecule has 0 saturated heterocycles. The Morgan fingerprint density at radius 1 is 1.18 bits per heavy atom. The average Bonchev–Trinajstić information content (AvgIpc) is 2.77. The molecule has 2 aromatic heterocycles. The number of carbonyl (C=O) groups excluding carboxylic acids is 1. The minimum atomic E-state index is -4.47. The number of halogens is 1. The minimum absolute atomic E-state index is 0.0312. The molecule has 0 atom stereocenters. The lowest BCUT2D eigenvalue weighted by molar-refractivity contribution is 0.0896. The summed E-state index contributed by atoms with van der Waals surface area (Å²) in [6, 6.07) is 7.61. The summed E-state index contributed by atoms with van der Waals surface area (Å²) in [5.41, 5.74) is -0.715. The molecular formula is C23H27FN3O6P. The standard InChI is InChI=1S/C23H27FN3O6P/c1-4-23(5-2,13-34(31,32)33)26-21(29)18-20(28)19-17(27(3)22(18)30)11-15(12-25-19)10-14-6-8-16(24)9-7-14/h6-9,11-12,28H,4-5,10,13H2,1-3H3,(H,26,29)(H2,31,32,33). The van der Waals surface area contributed by atoms with E-state index in [1.165, 1.54) is 29.9 Å². The molecule has 0 aliphatic rings. The molecular weight excluding hydrogens is 464 g/mol. The molecule has 0 bridgehead atoms. The highest BCUT2D eigenvalue weighted by atomic mass is 31.2. The number of fused-ring (bicyclic) bond motifs is 1. The fourth-order valence-electron chi connectivity index (χ4n) is 3.96. The molecule has 0 spiro atoms. The number of pyridine rings is 2. The molecule has 0 saturated carbocycles. The molecule has 34 heavy (non-hydrogen) atoms. The molecule has 1 aromatic carbocycles. The third kappa shape index (κ3) is 5.35. The highest BCUT2D eigenvalue weighted by Crippen LogP contribution is 2.41. The first-order valence-corrected chi connectivity index (χ1v) is 12.5. The predicted molar refractivity (Wildman–Crippen MR) is 126 cm³/mol. The van der Waals surface area contributed by atoms with E-state index in [4.69, 9.17) is 0 Å². The first kappa shape index (κ1) is 25.6. The van der Waals surface area contributed by atoms with Crippen LogP contribution in [0.5, 0.6) is 5.75 Å². The Bertz CT molecular complexity index is 1330. The number of carbonyl (C=O) groups is 1. The number of nitrogens with zero attached hydrogens (tertiary/aromatic N) is 2. The normalized spacial score (nSPS) is 12.2. The van der Waals surface area contributed by atoms with Crippen molar-refractivity contribution in [2.24, 2.45) is 7.05 Å². The van der Waals surface area contributed by atoms with Crippen LogP contribution < -0.4 is 10.9 Å². The number of nitrogens with one attached hydrogen (secondary N) is 1. The van der Waals surface area contributed by atoms with Gasteiger partial charge in [-0.15, -0.1) is 0 Å². The summed E-state index contributed by atoms with van der Waals surface area (Å²) in [6.45, 7) is 3.34. The van der Waals surface area contributed by atoms with Gasteiger partial charge in [0.2, 0.25) is 0 Å². The van der Waals surface area contributed by atoms with Crippen LogP contribution in [0.1, 0.15) is 48.2 Å². The zero-order chi connectivity index (χ0) is 25.3. The second-order valence-corrected chi connectivity index (χ2v) is 10.0. The van der Waals surface area contributed by atoms with E-state index < -0.39 is 42.1 Å². The van der Waals surface area contributed by atoms with E-state index in [-0.39, 0.29) is 24.2 Å². The van der Waals surface area contributed by atoms with Gasteiger partial charge in [-0.1, -0.05) is 26.0 Å². The molecule has 0 aliphatic carbocycles. The molecule has 2 heterocycles. The van der Waals surface area contributed by atoms with Gasteiger partial charge in [0.1, 0.15) is 16.9 Å². The van der Waals surface area contributed by atoms with Gasteiger partial charge >= 0.3 is 7.60 Å². The number of hydrogen-bond acceptors (Lipinski definition) is 5. The molecule has 3 rings (SSSR count). The van der Waals surface area contributed by atoms with E-state index >= 15 is 0 Å². The third-order valence-corrected chi connectivity index (χ3v) is 7.07. The zero-order valence-corrected chi connectivity index (χ0v) is 20.0. The van der Waals surface area contributed by atoms with Gasteiger partial charge in [-0.2, -0.15) is 0 Å². The van der Waals surface area contributed by atoms with Crippen LogP contribution in [0.15, 0.2) is 41.3 Å². The van der Waals surface area contributed by atoms with E-state index in [0.29, 0.717) is 17.5 Å². The van der Waals surface area contributed by atoms with Crippen LogP contribution >= 0.6 is 7.60 Å². The van der Waals surface area contributed by atoms with Gasteiger partial charge in [-0.25, -0.2) is 4.39 Å². The van der Waals surface area contributed by atoms with Crippen molar-refractivity contribution in [3.63, 3.8) is 0 Å². The lowest BCUT2D eigenvalue weighted by atomic mass is 9.94. The van der Waals surface area contributed by atoms with Crippen LogP contribution in [-0.2, 0) is 18.0 Å². The van der Waals surface area contributed by atoms with Gasteiger partial charge in [-0.3, -0.25) is 19.1 Å². The second-order valence-electron chi connectivity index (χ2n) is 8.37. The molecule has 9 nitrogen and oxygen atoms in total. The maximum atomic E-state index is 13.2. The van der Waals surface area contributed by atoms with Crippen LogP contribution in [0.2, 0.25) is 0 Å². The van der Waals surface area contributed by atoms with Crippen molar-refractivity contribution in [2.75, 3.05) is 6.16 Å². The van der Waals surface area contributed by atoms with E-state index in [1.54, 1.807) is 32.0 Å². The van der Waals surface area contributed by atoms with Crippen molar-refractivity contribution >= 4 is 24.5 Å². The van der Waals surface area contributed by atoms with Gasteiger partial charge in [-0.05, 0) is 48.6 Å². The largest absolute Gasteiger partial charge is 0.505 e. The van der Waals surface area contributed by atoms with E-state index in [0.717, 1.165) is 5.56 Å². The Hall–Kier alpha value is -3.07. The van der Waals surface area contributed by atoms with Crippen molar-refractivity contribution < 1.29 is 28.6 Å². The SMILES string of the molecule is CCC(CC)(CP(=O)(O)O)NC(=O)c1c(O)c2ncc(Cc3ccc(F)cc3)cc2n(C)c1=O. The quantitative estimate of drug-likeness (QED) is 0.355. The van der Waals surface area contributed by atoms with Gasteiger partial charge in [0, 0.05) is 13.2 Å². The Labute approximate surface area is 195 Å². The topological polar surface area (TPSA) is 142 Å². The molecule has 1 amide bonds. The van der Waals surface area contributed by atoms with E-state index in [2.05, 4.69) is 10.3 Å². The molecule has 11 heteroatoms. The fourth-order valence-corrected chi connectivity index (χ4v) is 5.27. The summed E-state index contributed by atoms with van der Waals surface area (Å²) in [7, 11) is -3.03. The van der Waals surface area contributed by atoms with Crippen LogP contribution in [0.4, 0.5) is 4.39 Å². The maximum absolute atomic E-state index is 13.2. The Kier molecular flexibility index (Phi) is 7.26. The van der Waals surface area contributed by atoms with E-state index in [9.17, 15) is 33.4 Å². The second kappa shape index (κ2) is 9.66. The van der Waals surface area contributed by atoms with E-state index in [1.807, 2.05) is 0 Å². The molecule has 0 unspecified atom stereocenters. The number of amides is 1. The fraction of sp³-hybridized carbons (Fsp3) is 0.348. The first-order chi connectivity index (χ1) is 15.9. The number of aromatic hydroxyl groups is 1. The number of aromatic nitrogens is 2. The summed E-state index contributed by atoms with van der Waals surface area (Å²) >= 11 is 0. The van der Waals surface area contributed by atoms with Crippen molar-refractivity contribution in [2.45, 2.75) is 38.6 Å². The Balaban J connectivity index is 2.02. The van der Waals surface area contributed by atoms with Crippen molar-refractivity contribution in [1.82, 2.24) is 14.9 Å². The monoisotopic (exact) mass is 491 g/mol. The maximum Gasteiger partial charge on any atom is 0.327 e. The van der Waals surface area contributed by atoms with Crippen molar-refractivity contribution in [1.29, 1.82) is 0 Å². The summed E-state index contributed by atoms with van der Waals surface area (Å²) in [5.74, 6) is -1.90. The summed E-state index contributed by atoms with van der Waals surface area (Å²) in [5, 5.41) is 13.3. The number of benzene rings is 1. The van der Waals surface area contributed by atoms with Crippen LogP contribution in [0.3, 0.4) is 0 Å². The Morgan fingerprint density at radius 3 is 2.35 bits per heavy atom. The summed E-state index contributed by atoms with van der Waals surface area (Å²) in [6.07, 6.45) is 1.73. The molecule has 0 aliphatic heterocycles.